The van der Waals surface area contributed by atoms with Crippen molar-refractivity contribution in [3.63, 3.8) is 0 Å². The number of H-pyrrole nitrogens is 1. The van der Waals surface area contributed by atoms with Gasteiger partial charge in [-0.05, 0) is 43.0 Å². The van der Waals surface area contributed by atoms with Gasteiger partial charge in [-0.3, -0.25) is 9.82 Å². The Labute approximate surface area is 124 Å². The minimum atomic E-state index is -3.70. The molecule has 2 aromatic rings. The molecule has 2 rings (SSSR count). The lowest BCUT2D eigenvalue weighted by Gasteiger charge is -2.14. The van der Waals surface area contributed by atoms with E-state index in [0.717, 1.165) is 17.5 Å². The zero-order valence-electron chi connectivity index (χ0n) is 12.4. The average molecular weight is 308 g/mol. The van der Waals surface area contributed by atoms with Crippen LogP contribution < -0.4 is 10.5 Å². The summed E-state index contributed by atoms with van der Waals surface area (Å²) >= 11 is 0. The monoisotopic (exact) mass is 308 g/mol. The third-order valence-electron chi connectivity index (χ3n) is 3.42. The number of benzene rings is 1. The molecule has 0 radical (unpaired) electrons. The Morgan fingerprint density at radius 3 is 2.52 bits per heavy atom. The first-order valence-corrected chi connectivity index (χ1v) is 8.31. The van der Waals surface area contributed by atoms with E-state index in [-0.39, 0.29) is 4.90 Å². The first-order valence-electron chi connectivity index (χ1n) is 6.83. The Hall–Kier alpha value is -2.02. The second-order valence-corrected chi connectivity index (χ2v) is 6.55. The van der Waals surface area contributed by atoms with Crippen LogP contribution in [0.4, 0.5) is 11.5 Å². The van der Waals surface area contributed by atoms with Gasteiger partial charge in [0.2, 0.25) is 0 Å². The molecule has 0 aliphatic heterocycles. The van der Waals surface area contributed by atoms with E-state index < -0.39 is 10.0 Å². The fourth-order valence-corrected chi connectivity index (χ4v) is 3.67. The largest absolute Gasteiger partial charge is 0.398 e. The van der Waals surface area contributed by atoms with Crippen molar-refractivity contribution in [2.24, 2.45) is 0 Å². The van der Waals surface area contributed by atoms with Crippen molar-refractivity contribution in [3.05, 3.63) is 35.0 Å². The van der Waals surface area contributed by atoms with E-state index in [0.29, 0.717) is 23.5 Å². The van der Waals surface area contributed by atoms with Crippen LogP contribution in [0.1, 0.15) is 30.5 Å². The van der Waals surface area contributed by atoms with Crippen LogP contribution >= 0.6 is 0 Å². The summed E-state index contributed by atoms with van der Waals surface area (Å²) in [6, 6.07) is 3.52. The number of aryl methyl sites for hydroxylation is 2. The molecule has 0 saturated carbocycles. The summed E-state index contributed by atoms with van der Waals surface area (Å²) in [6.45, 7) is 5.62. The number of nitrogen functional groups attached to an aromatic ring is 1. The van der Waals surface area contributed by atoms with Gasteiger partial charge in [0.1, 0.15) is 5.82 Å². The van der Waals surface area contributed by atoms with Crippen LogP contribution in [-0.2, 0) is 22.9 Å². The van der Waals surface area contributed by atoms with Crippen molar-refractivity contribution < 1.29 is 8.42 Å². The van der Waals surface area contributed by atoms with E-state index in [2.05, 4.69) is 14.9 Å². The Morgan fingerprint density at radius 1 is 1.29 bits per heavy atom. The molecule has 1 aromatic carbocycles. The van der Waals surface area contributed by atoms with Crippen molar-refractivity contribution in [2.45, 2.75) is 38.5 Å². The zero-order chi connectivity index (χ0) is 15.6. The van der Waals surface area contributed by atoms with Crippen LogP contribution in [0.5, 0.6) is 0 Å². The normalized spacial score (nSPS) is 11.6. The minimum absolute atomic E-state index is 0.232. The van der Waals surface area contributed by atoms with Crippen LogP contribution in [0.25, 0.3) is 0 Å². The van der Waals surface area contributed by atoms with Gasteiger partial charge in [0.05, 0.1) is 11.1 Å². The summed E-state index contributed by atoms with van der Waals surface area (Å²) in [6.07, 6.45) is 2.84. The van der Waals surface area contributed by atoms with Crippen molar-refractivity contribution in [1.29, 1.82) is 0 Å². The molecule has 0 amide bonds. The number of hydrogen-bond acceptors (Lipinski definition) is 4. The SMILES string of the molecule is CCc1cc(N)c(CC)c(S(=O)(=O)Nc2[nH]ncc2C)c1. The number of aromatic amines is 1. The molecule has 114 valence electrons. The minimum Gasteiger partial charge on any atom is -0.398 e. The van der Waals surface area contributed by atoms with Gasteiger partial charge < -0.3 is 5.73 Å². The molecule has 0 unspecified atom stereocenters. The third kappa shape index (κ3) is 3.02. The predicted molar refractivity (Wildman–Crippen MR) is 83.7 cm³/mol. The third-order valence-corrected chi connectivity index (χ3v) is 4.84. The number of hydrogen-bond donors (Lipinski definition) is 3. The number of aromatic nitrogens is 2. The standard InChI is InChI=1S/C14H20N4O2S/c1-4-10-6-12(15)11(5-2)13(7-10)21(19,20)18-14-9(3)8-16-17-14/h6-8H,4-5,15H2,1-3H3,(H2,16,17,18). The molecule has 21 heavy (non-hydrogen) atoms. The highest BCUT2D eigenvalue weighted by molar-refractivity contribution is 7.92. The summed E-state index contributed by atoms with van der Waals surface area (Å²) < 4.78 is 27.8. The fourth-order valence-electron chi connectivity index (χ4n) is 2.19. The maximum atomic E-state index is 12.6. The molecule has 0 spiro atoms. The van der Waals surface area contributed by atoms with E-state index in [9.17, 15) is 8.42 Å². The van der Waals surface area contributed by atoms with Gasteiger partial charge in [-0.25, -0.2) is 8.42 Å². The zero-order valence-corrected chi connectivity index (χ0v) is 13.2. The van der Waals surface area contributed by atoms with Gasteiger partial charge in [0.15, 0.2) is 0 Å². The van der Waals surface area contributed by atoms with E-state index >= 15 is 0 Å². The summed E-state index contributed by atoms with van der Waals surface area (Å²) in [5.74, 6) is 0.373. The summed E-state index contributed by atoms with van der Waals surface area (Å²) in [5.41, 5.74) is 8.77. The lowest BCUT2D eigenvalue weighted by atomic mass is 10.1. The quantitative estimate of drug-likeness (QED) is 0.737. The van der Waals surface area contributed by atoms with Gasteiger partial charge >= 0.3 is 0 Å². The second-order valence-electron chi connectivity index (χ2n) is 4.90. The molecular formula is C14H20N4O2S. The maximum Gasteiger partial charge on any atom is 0.263 e. The maximum absolute atomic E-state index is 12.6. The molecule has 1 heterocycles. The number of anilines is 2. The van der Waals surface area contributed by atoms with E-state index in [1.54, 1.807) is 19.2 Å². The summed E-state index contributed by atoms with van der Waals surface area (Å²) in [4.78, 5) is 0.232. The Kier molecular flexibility index (Phi) is 4.22. The molecular weight excluding hydrogens is 288 g/mol. The molecule has 7 heteroatoms. The molecule has 0 bridgehead atoms. The van der Waals surface area contributed by atoms with Crippen LogP contribution in [0.3, 0.4) is 0 Å². The molecule has 4 N–H and O–H groups in total. The van der Waals surface area contributed by atoms with Crippen molar-refractivity contribution in [2.75, 3.05) is 10.5 Å². The van der Waals surface area contributed by atoms with Gasteiger partial charge in [0.25, 0.3) is 10.0 Å². The van der Waals surface area contributed by atoms with Crippen molar-refractivity contribution >= 4 is 21.5 Å². The molecule has 0 saturated heterocycles. The second kappa shape index (κ2) is 5.77. The van der Waals surface area contributed by atoms with Gasteiger partial charge in [-0.1, -0.05) is 13.8 Å². The smallest absolute Gasteiger partial charge is 0.263 e. The number of rotatable bonds is 5. The Bertz CT molecular complexity index is 750. The summed E-state index contributed by atoms with van der Waals surface area (Å²) in [5, 5.41) is 6.46. The predicted octanol–water partition coefficient (Wildman–Crippen LogP) is 2.23. The van der Waals surface area contributed by atoms with Crippen LogP contribution in [0.2, 0.25) is 0 Å². The molecule has 0 fully saturated rings. The number of nitrogens with one attached hydrogen (secondary N) is 2. The number of nitrogens with zero attached hydrogens (tertiary/aromatic N) is 1. The first-order chi connectivity index (χ1) is 9.89. The van der Waals surface area contributed by atoms with Gasteiger partial charge in [-0.15, -0.1) is 0 Å². The highest BCUT2D eigenvalue weighted by Crippen LogP contribution is 2.27. The van der Waals surface area contributed by atoms with Crippen LogP contribution in [-0.4, -0.2) is 18.6 Å². The molecule has 0 aliphatic carbocycles. The fraction of sp³-hybridized carbons (Fsp3) is 0.357. The van der Waals surface area contributed by atoms with Gasteiger partial charge in [0, 0.05) is 11.3 Å². The number of sulfonamides is 1. The summed E-state index contributed by atoms with van der Waals surface area (Å²) in [7, 11) is -3.70. The lowest BCUT2D eigenvalue weighted by Crippen LogP contribution is -2.17. The average Bonchev–Trinajstić information content (AvgIpc) is 2.82. The van der Waals surface area contributed by atoms with Crippen molar-refractivity contribution in [1.82, 2.24) is 10.2 Å². The van der Waals surface area contributed by atoms with E-state index in [4.69, 9.17) is 5.73 Å². The van der Waals surface area contributed by atoms with E-state index in [1.165, 1.54) is 0 Å². The first kappa shape index (κ1) is 15.4. The topological polar surface area (TPSA) is 101 Å². The van der Waals surface area contributed by atoms with Gasteiger partial charge in [-0.2, -0.15) is 5.10 Å². The number of nitrogens with two attached hydrogens (primary N) is 1. The van der Waals surface area contributed by atoms with Crippen molar-refractivity contribution in [3.8, 4) is 0 Å². The Morgan fingerprint density at radius 2 is 2.00 bits per heavy atom. The molecule has 0 aliphatic rings. The van der Waals surface area contributed by atoms with E-state index in [1.807, 2.05) is 19.9 Å². The highest BCUT2D eigenvalue weighted by Gasteiger charge is 2.21. The molecule has 1 aromatic heterocycles. The molecule has 6 nitrogen and oxygen atoms in total. The lowest BCUT2D eigenvalue weighted by molar-refractivity contribution is 0.600. The van der Waals surface area contributed by atoms with Crippen LogP contribution in [0, 0.1) is 6.92 Å². The Balaban J connectivity index is 2.53. The molecule has 0 atom stereocenters. The highest BCUT2D eigenvalue weighted by atomic mass is 32.2. The van der Waals surface area contributed by atoms with Crippen LogP contribution in [0.15, 0.2) is 23.2 Å².